The smallest absolute Gasteiger partial charge is 0.462 e. The van der Waals surface area contributed by atoms with Gasteiger partial charge in [-0.25, -0.2) is 4.57 Å². The van der Waals surface area contributed by atoms with Gasteiger partial charge in [0.05, 0.1) is 6.61 Å². The van der Waals surface area contributed by atoms with E-state index < -0.39 is 75.7 Å². The molecule has 1 rings (SSSR count). The van der Waals surface area contributed by atoms with E-state index in [-0.39, 0.29) is 18.6 Å². The second-order valence-electron chi connectivity index (χ2n) is 15.9. The van der Waals surface area contributed by atoms with Crippen molar-refractivity contribution >= 4 is 25.5 Å². The van der Waals surface area contributed by atoms with Crippen LogP contribution in [0, 0.1) is 0 Å². The summed E-state index contributed by atoms with van der Waals surface area (Å²) in [5, 5.41) is 50.1. The highest BCUT2D eigenvalue weighted by atomic mass is 31.2. The number of rotatable bonds is 37. The number of ketones is 1. The number of carbonyl (C=O) groups is 3. The fourth-order valence-corrected chi connectivity index (χ4v) is 7.34. The maximum atomic E-state index is 12.8. The van der Waals surface area contributed by atoms with Gasteiger partial charge in [0, 0.05) is 19.3 Å². The normalized spacial score (nSPS) is 22.2. The molecule has 0 aromatic carbocycles. The van der Waals surface area contributed by atoms with E-state index in [9.17, 15) is 49.4 Å². The van der Waals surface area contributed by atoms with Crippen molar-refractivity contribution in [3.63, 3.8) is 0 Å². The second kappa shape index (κ2) is 37.9. The van der Waals surface area contributed by atoms with Gasteiger partial charge < -0.3 is 39.9 Å². The number of carbonyl (C=O) groups excluding carboxylic acids is 3. The number of hydrogen-bond acceptors (Lipinski definition) is 13. The molecule has 1 fully saturated rings. The zero-order chi connectivity index (χ0) is 47.3. The van der Waals surface area contributed by atoms with Crippen LogP contribution in [0.3, 0.4) is 0 Å². The maximum Gasteiger partial charge on any atom is 0.472 e. The minimum Gasteiger partial charge on any atom is -0.462 e. The average Bonchev–Trinajstić information content (AvgIpc) is 3.27. The molecule has 64 heavy (non-hydrogen) atoms. The van der Waals surface area contributed by atoms with Gasteiger partial charge >= 0.3 is 19.8 Å². The average molecular weight is 923 g/mol. The van der Waals surface area contributed by atoms with Gasteiger partial charge in [0.2, 0.25) is 0 Å². The third kappa shape index (κ3) is 30.0. The second-order valence-corrected chi connectivity index (χ2v) is 17.3. The molecule has 6 N–H and O–H groups in total. The standard InChI is InChI=1S/C49H79O14P/c1-3-5-7-9-11-12-13-14-15-16-17-18-19-20-21-22-24-28-32-36-42(51)60-38-41(39-61-64(58,59)63-49-47(56)45(54)44(53)46(55)48(49)57)62-43(52)37-33-29-25-27-31-35-40(50)34-30-26-23-10-8-6-4-2/h11-12,14-15,17-18,20-21,23-24,26,28,30,34,41,44-49,53-57H,3-10,13,16,19,22,25,27,29,31-33,35-39H2,1-2H3,(H,58,59)/b12-11-,15-14-,18-17-,21-20-,26-23-,28-24-,34-30+/t41-,44?,45-,46+,47-,48-,49?/m1/s1. The van der Waals surface area contributed by atoms with Gasteiger partial charge in [-0.1, -0.05) is 138 Å². The van der Waals surface area contributed by atoms with Crippen LogP contribution in [0.4, 0.5) is 0 Å². The fourth-order valence-electron chi connectivity index (χ4n) is 6.37. The molecule has 1 saturated carbocycles. The highest BCUT2D eigenvalue weighted by molar-refractivity contribution is 7.47. The quantitative estimate of drug-likeness (QED) is 0.00859. The molecule has 1 aliphatic carbocycles. The van der Waals surface area contributed by atoms with E-state index in [1.165, 1.54) is 32.1 Å². The van der Waals surface area contributed by atoms with Crippen LogP contribution in [-0.4, -0.2) is 104 Å². The van der Waals surface area contributed by atoms with Crippen molar-refractivity contribution in [1.82, 2.24) is 0 Å². The first-order valence-corrected chi connectivity index (χ1v) is 24.8. The molecule has 364 valence electrons. The van der Waals surface area contributed by atoms with Gasteiger partial charge in [-0.05, 0) is 76.7 Å². The van der Waals surface area contributed by atoms with Crippen molar-refractivity contribution in [3.8, 4) is 0 Å². The number of phosphoric acid groups is 1. The highest BCUT2D eigenvalue weighted by Gasteiger charge is 2.51. The van der Waals surface area contributed by atoms with Crippen LogP contribution in [0.25, 0.3) is 0 Å². The molecule has 1 aliphatic rings. The Morgan fingerprint density at radius 2 is 1.02 bits per heavy atom. The molecule has 14 nitrogen and oxygen atoms in total. The molecular formula is C49H79O14P. The largest absolute Gasteiger partial charge is 0.472 e. The third-order valence-corrected chi connectivity index (χ3v) is 11.2. The zero-order valence-corrected chi connectivity index (χ0v) is 39.2. The van der Waals surface area contributed by atoms with Crippen LogP contribution < -0.4 is 0 Å². The number of esters is 2. The van der Waals surface area contributed by atoms with Crippen LogP contribution in [0.2, 0.25) is 0 Å². The van der Waals surface area contributed by atoms with Crippen LogP contribution in [0.15, 0.2) is 85.1 Å². The first-order valence-electron chi connectivity index (χ1n) is 23.3. The summed E-state index contributed by atoms with van der Waals surface area (Å²) in [4.78, 5) is 47.8. The molecule has 0 heterocycles. The van der Waals surface area contributed by atoms with Gasteiger partial charge in [-0.15, -0.1) is 0 Å². The van der Waals surface area contributed by atoms with E-state index in [1.54, 1.807) is 12.2 Å². The molecular weight excluding hydrogens is 843 g/mol. The Bertz CT molecular complexity index is 1500. The summed E-state index contributed by atoms with van der Waals surface area (Å²) in [6.45, 7) is 3.04. The molecule has 0 spiro atoms. The fraction of sp³-hybridized carbons (Fsp3) is 0.653. The molecule has 0 aliphatic heterocycles. The number of ether oxygens (including phenoxy) is 2. The lowest BCUT2D eigenvalue weighted by Gasteiger charge is -2.41. The van der Waals surface area contributed by atoms with Crippen LogP contribution in [0.5, 0.6) is 0 Å². The number of hydrogen-bond donors (Lipinski definition) is 6. The van der Waals surface area contributed by atoms with Crippen molar-refractivity contribution in [3.05, 3.63) is 85.1 Å². The van der Waals surface area contributed by atoms with E-state index in [0.717, 1.165) is 57.8 Å². The Hall–Kier alpha value is -3.30. The minimum atomic E-state index is -5.17. The summed E-state index contributed by atoms with van der Waals surface area (Å²) in [7, 11) is -5.17. The van der Waals surface area contributed by atoms with Gasteiger partial charge in [-0.2, -0.15) is 0 Å². The number of aliphatic hydroxyl groups is 5. The Labute approximate surface area is 382 Å². The molecule has 0 saturated heterocycles. The highest BCUT2D eigenvalue weighted by Crippen LogP contribution is 2.47. The molecule has 15 heteroatoms. The SMILES string of the molecule is CCCCC/C=C\C=C\C(=O)CCCCCCCC(=O)O[C@H](COC(=O)CC/C=C\C/C=C\C/C=C\C/C=C\C/C=C\CCCCC)COP(=O)(O)OC1[C@H](O)[C@H](O)C(O)[C@H](O)[C@H]1O. The predicted molar refractivity (Wildman–Crippen MR) is 249 cm³/mol. The summed E-state index contributed by atoms with van der Waals surface area (Å²) >= 11 is 0. The number of phosphoric ester groups is 1. The van der Waals surface area contributed by atoms with E-state index >= 15 is 0 Å². The monoisotopic (exact) mass is 923 g/mol. The van der Waals surface area contributed by atoms with Crippen molar-refractivity contribution in [1.29, 1.82) is 0 Å². The van der Waals surface area contributed by atoms with E-state index in [0.29, 0.717) is 32.1 Å². The Morgan fingerprint density at radius 1 is 0.531 bits per heavy atom. The van der Waals surface area contributed by atoms with Crippen LogP contribution >= 0.6 is 7.82 Å². The Balaban J connectivity index is 2.55. The van der Waals surface area contributed by atoms with Gasteiger partial charge in [-0.3, -0.25) is 23.4 Å². The van der Waals surface area contributed by atoms with Crippen molar-refractivity contribution < 1.29 is 67.9 Å². The molecule has 0 aromatic rings. The molecule has 0 amide bonds. The van der Waals surface area contributed by atoms with E-state index in [4.69, 9.17) is 18.5 Å². The summed E-state index contributed by atoms with van der Waals surface area (Å²) in [5.74, 6) is -1.24. The van der Waals surface area contributed by atoms with Crippen molar-refractivity contribution in [2.24, 2.45) is 0 Å². The number of unbranched alkanes of at least 4 members (excludes halogenated alkanes) is 10. The number of aliphatic hydroxyl groups excluding tert-OH is 5. The molecule has 0 bridgehead atoms. The third-order valence-electron chi connectivity index (χ3n) is 10.2. The predicted octanol–water partition coefficient (Wildman–Crippen LogP) is 8.46. The summed E-state index contributed by atoms with van der Waals surface area (Å²) < 4.78 is 33.3. The topological polar surface area (TPSA) is 227 Å². The Morgan fingerprint density at radius 3 is 1.58 bits per heavy atom. The summed E-state index contributed by atoms with van der Waals surface area (Å²) in [6, 6.07) is 0. The van der Waals surface area contributed by atoms with E-state index in [1.807, 2.05) is 24.3 Å². The molecule has 3 unspecified atom stereocenters. The maximum absolute atomic E-state index is 12.8. The molecule has 8 atom stereocenters. The number of allylic oxidation sites excluding steroid dienone is 14. The first-order chi connectivity index (χ1) is 30.8. The van der Waals surface area contributed by atoms with Crippen molar-refractivity contribution in [2.75, 3.05) is 13.2 Å². The molecule has 0 radical (unpaired) electrons. The molecule has 0 aromatic heterocycles. The van der Waals surface area contributed by atoms with Gasteiger partial charge in [0.25, 0.3) is 0 Å². The van der Waals surface area contributed by atoms with E-state index in [2.05, 4.69) is 62.5 Å². The van der Waals surface area contributed by atoms with Crippen LogP contribution in [0.1, 0.15) is 149 Å². The summed E-state index contributed by atoms with van der Waals surface area (Å²) in [6.07, 6.45) is 31.8. The van der Waals surface area contributed by atoms with Gasteiger partial charge in [0.15, 0.2) is 11.9 Å². The Kier molecular flexibility index (Phi) is 34.7. The minimum absolute atomic E-state index is 0.00715. The van der Waals surface area contributed by atoms with Crippen molar-refractivity contribution in [2.45, 2.75) is 191 Å². The summed E-state index contributed by atoms with van der Waals surface area (Å²) in [5.41, 5.74) is 0. The lowest BCUT2D eigenvalue weighted by Crippen LogP contribution is -2.64. The van der Waals surface area contributed by atoms with Crippen LogP contribution in [-0.2, 0) is 37.5 Å². The zero-order valence-electron chi connectivity index (χ0n) is 38.3. The lowest BCUT2D eigenvalue weighted by molar-refractivity contribution is -0.220. The van der Waals surface area contributed by atoms with Gasteiger partial charge in [0.1, 0.15) is 43.2 Å². The first kappa shape index (κ1) is 58.7. The lowest BCUT2D eigenvalue weighted by atomic mass is 9.85.